The molecule has 1 aliphatic rings. The van der Waals surface area contributed by atoms with Crippen molar-refractivity contribution in [3.05, 3.63) is 12.7 Å². The lowest BCUT2D eigenvalue weighted by Crippen LogP contribution is -2.53. The zero-order valence-electron chi connectivity index (χ0n) is 12.3. The molecule has 1 amide bonds. The highest BCUT2D eigenvalue weighted by molar-refractivity contribution is 5.80. The number of hydrogen-bond donors (Lipinski definition) is 1. The number of rotatable bonds is 6. The molecule has 0 spiro atoms. The second-order valence-corrected chi connectivity index (χ2v) is 5.68. The molecule has 1 N–H and O–H groups in total. The molecule has 110 valence electrons. The van der Waals surface area contributed by atoms with Crippen molar-refractivity contribution in [3.8, 4) is 0 Å². The topological polar surface area (TPSA) is 53.0 Å². The summed E-state index contributed by atoms with van der Waals surface area (Å²) in [4.78, 5) is 16.1. The molecule has 0 saturated carbocycles. The molecule has 0 radical (unpaired) electrons. The molecule has 0 unspecified atom stereocenters. The highest BCUT2D eigenvalue weighted by Crippen LogP contribution is 2.10. The van der Waals surface area contributed by atoms with Crippen molar-refractivity contribution in [1.82, 2.24) is 9.80 Å². The maximum atomic E-state index is 12.1. The molecule has 1 rings (SSSR count). The third-order valence-corrected chi connectivity index (χ3v) is 3.11. The van der Waals surface area contributed by atoms with Crippen LogP contribution in [0.3, 0.4) is 0 Å². The fourth-order valence-electron chi connectivity index (χ4n) is 2.21. The maximum Gasteiger partial charge on any atom is 0.251 e. The van der Waals surface area contributed by atoms with Gasteiger partial charge in [0.25, 0.3) is 5.91 Å². The summed E-state index contributed by atoms with van der Waals surface area (Å²) in [7, 11) is 0. The average molecular weight is 270 g/mol. The van der Waals surface area contributed by atoms with Gasteiger partial charge >= 0.3 is 0 Å². The molecule has 1 aliphatic heterocycles. The quantitative estimate of drug-likeness (QED) is 0.714. The number of amides is 1. The first-order valence-corrected chi connectivity index (χ1v) is 6.79. The van der Waals surface area contributed by atoms with Crippen molar-refractivity contribution < 1.29 is 14.6 Å². The Labute approximate surface area is 115 Å². The monoisotopic (exact) mass is 270 g/mol. The van der Waals surface area contributed by atoms with E-state index in [0.29, 0.717) is 26.2 Å². The lowest BCUT2D eigenvalue weighted by Gasteiger charge is -2.38. The van der Waals surface area contributed by atoms with Crippen molar-refractivity contribution in [1.29, 1.82) is 0 Å². The lowest BCUT2D eigenvalue weighted by atomic mass is 10.1. The molecule has 19 heavy (non-hydrogen) atoms. The van der Waals surface area contributed by atoms with E-state index in [4.69, 9.17) is 4.74 Å². The average Bonchev–Trinajstić information content (AvgIpc) is 2.34. The summed E-state index contributed by atoms with van der Waals surface area (Å²) in [5, 5.41) is 9.78. The molecule has 0 aliphatic carbocycles. The van der Waals surface area contributed by atoms with Gasteiger partial charge in [0.1, 0.15) is 6.10 Å². The summed E-state index contributed by atoms with van der Waals surface area (Å²) in [6.45, 7) is 12.9. The number of nitrogens with zero attached hydrogens (tertiary/aromatic N) is 2. The molecular weight excluding hydrogens is 244 g/mol. The second kappa shape index (κ2) is 7.03. The SMILES string of the molecule is C=CCO[C@H](C)C(=O)N1CCN(CC(C)(C)O)CC1. The van der Waals surface area contributed by atoms with Crippen molar-refractivity contribution in [2.24, 2.45) is 0 Å². The second-order valence-electron chi connectivity index (χ2n) is 5.68. The van der Waals surface area contributed by atoms with E-state index in [2.05, 4.69) is 11.5 Å². The molecular formula is C14H26N2O3. The van der Waals surface area contributed by atoms with Gasteiger partial charge in [-0.25, -0.2) is 0 Å². The van der Waals surface area contributed by atoms with Gasteiger partial charge in [-0.15, -0.1) is 6.58 Å². The highest BCUT2D eigenvalue weighted by Gasteiger charge is 2.27. The molecule has 0 aromatic rings. The van der Waals surface area contributed by atoms with Crippen LogP contribution in [0.4, 0.5) is 0 Å². The van der Waals surface area contributed by atoms with Gasteiger partial charge in [-0.05, 0) is 20.8 Å². The zero-order valence-corrected chi connectivity index (χ0v) is 12.3. The number of hydrogen-bond acceptors (Lipinski definition) is 4. The first kappa shape index (κ1) is 16.1. The summed E-state index contributed by atoms with van der Waals surface area (Å²) in [6.07, 6.45) is 1.23. The van der Waals surface area contributed by atoms with Crippen LogP contribution >= 0.6 is 0 Å². The molecule has 1 saturated heterocycles. The van der Waals surface area contributed by atoms with Crippen LogP contribution in [0.15, 0.2) is 12.7 Å². The Bertz CT molecular complexity index is 304. The molecule has 5 heteroatoms. The van der Waals surface area contributed by atoms with Crippen molar-refractivity contribution in [2.75, 3.05) is 39.3 Å². The van der Waals surface area contributed by atoms with Gasteiger partial charge in [0.15, 0.2) is 0 Å². The largest absolute Gasteiger partial charge is 0.389 e. The molecule has 0 aromatic heterocycles. The summed E-state index contributed by atoms with van der Waals surface area (Å²) < 4.78 is 5.35. The standard InChI is InChI=1S/C14H26N2O3/c1-5-10-19-12(2)13(17)16-8-6-15(7-9-16)11-14(3,4)18/h5,12,18H,1,6-11H2,2-4H3/t12-/m1/s1. The molecule has 1 heterocycles. The van der Waals surface area contributed by atoms with E-state index in [1.807, 2.05) is 4.90 Å². The number of ether oxygens (including phenoxy) is 1. The van der Waals surface area contributed by atoms with Crippen LogP contribution in [0.2, 0.25) is 0 Å². The first-order chi connectivity index (χ1) is 8.83. The van der Waals surface area contributed by atoms with E-state index in [1.165, 1.54) is 0 Å². The fourth-order valence-corrected chi connectivity index (χ4v) is 2.21. The zero-order chi connectivity index (χ0) is 14.5. The Kier molecular flexibility index (Phi) is 5.97. The van der Waals surface area contributed by atoms with Gasteiger partial charge in [-0.3, -0.25) is 9.69 Å². The maximum absolute atomic E-state index is 12.1. The normalized spacial score (nSPS) is 19.3. The van der Waals surface area contributed by atoms with Gasteiger partial charge < -0.3 is 14.7 Å². The van der Waals surface area contributed by atoms with Crippen LogP contribution in [0.5, 0.6) is 0 Å². The van der Waals surface area contributed by atoms with E-state index >= 15 is 0 Å². The number of carbonyl (C=O) groups is 1. The van der Waals surface area contributed by atoms with E-state index in [9.17, 15) is 9.90 Å². The Morgan fingerprint density at radius 2 is 2.00 bits per heavy atom. The predicted molar refractivity (Wildman–Crippen MR) is 74.9 cm³/mol. The van der Waals surface area contributed by atoms with Crippen LogP contribution in [0, 0.1) is 0 Å². The van der Waals surface area contributed by atoms with Gasteiger partial charge in [0.2, 0.25) is 0 Å². The van der Waals surface area contributed by atoms with Crippen LogP contribution in [0.1, 0.15) is 20.8 Å². The first-order valence-electron chi connectivity index (χ1n) is 6.79. The van der Waals surface area contributed by atoms with Crippen LogP contribution in [-0.4, -0.2) is 71.8 Å². The van der Waals surface area contributed by atoms with Gasteiger partial charge in [0, 0.05) is 32.7 Å². The van der Waals surface area contributed by atoms with Crippen molar-refractivity contribution in [3.63, 3.8) is 0 Å². The Morgan fingerprint density at radius 1 is 1.42 bits per heavy atom. The van der Waals surface area contributed by atoms with Crippen LogP contribution in [-0.2, 0) is 9.53 Å². The van der Waals surface area contributed by atoms with Gasteiger partial charge in [-0.2, -0.15) is 0 Å². The summed E-state index contributed by atoms with van der Waals surface area (Å²) >= 11 is 0. The van der Waals surface area contributed by atoms with E-state index in [-0.39, 0.29) is 5.91 Å². The summed E-state index contributed by atoms with van der Waals surface area (Å²) in [5.74, 6) is 0.0322. The van der Waals surface area contributed by atoms with E-state index in [0.717, 1.165) is 13.1 Å². The predicted octanol–water partition coefficient (Wildman–Crippen LogP) is 0.493. The Morgan fingerprint density at radius 3 is 2.47 bits per heavy atom. The van der Waals surface area contributed by atoms with E-state index < -0.39 is 11.7 Å². The van der Waals surface area contributed by atoms with Crippen LogP contribution < -0.4 is 0 Å². The lowest BCUT2D eigenvalue weighted by molar-refractivity contribution is -0.144. The van der Waals surface area contributed by atoms with Gasteiger partial charge in [-0.1, -0.05) is 6.08 Å². The van der Waals surface area contributed by atoms with Gasteiger partial charge in [0.05, 0.1) is 12.2 Å². The Hall–Kier alpha value is -0.910. The third-order valence-electron chi connectivity index (χ3n) is 3.11. The number of carbonyl (C=O) groups excluding carboxylic acids is 1. The minimum Gasteiger partial charge on any atom is -0.389 e. The van der Waals surface area contributed by atoms with Crippen molar-refractivity contribution >= 4 is 5.91 Å². The molecule has 1 fully saturated rings. The minimum absolute atomic E-state index is 0.0322. The molecule has 0 aromatic carbocycles. The number of aliphatic hydroxyl groups is 1. The van der Waals surface area contributed by atoms with E-state index in [1.54, 1.807) is 26.8 Å². The fraction of sp³-hybridized carbons (Fsp3) is 0.786. The number of piperazine rings is 1. The Balaban J connectivity index is 2.36. The van der Waals surface area contributed by atoms with Crippen LogP contribution in [0.25, 0.3) is 0 Å². The molecule has 0 bridgehead atoms. The highest BCUT2D eigenvalue weighted by atomic mass is 16.5. The summed E-state index contributed by atoms with van der Waals surface area (Å²) in [5.41, 5.74) is -0.688. The third kappa shape index (κ3) is 5.72. The molecule has 1 atom stereocenters. The van der Waals surface area contributed by atoms with Crippen molar-refractivity contribution in [2.45, 2.75) is 32.5 Å². The number of β-amino-alcohol motifs (C(OH)–C–C–N with tert-alkyl or cyclic N) is 1. The smallest absolute Gasteiger partial charge is 0.251 e. The molecule has 5 nitrogen and oxygen atoms in total. The summed E-state index contributed by atoms with van der Waals surface area (Å²) in [6, 6.07) is 0. The minimum atomic E-state index is -0.688.